The van der Waals surface area contributed by atoms with Gasteiger partial charge in [0.15, 0.2) is 5.13 Å². The van der Waals surface area contributed by atoms with Crippen LogP contribution in [0.15, 0.2) is 0 Å². The zero-order valence-corrected chi connectivity index (χ0v) is 12.2. The van der Waals surface area contributed by atoms with Gasteiger partial charge in [0.05, 0.1) is 18.2 Å². The highest BCUT2D eigenvalue weighted by Crippen LogP contribution is 2.29. The molecule has 19 heavy (non-hydrogen) atoms. The van der Waals surface area contributed by atoms with E-state index >= 15 is 0 Å². The Morgan fingerprint density at radius 1 is 1.47 bits per heavy atom. The Labute approximate surface area is 122 Å². The second kappa shape index (κ2) is 6.17. The Morgan fingerprint density at radius 3 is 3.05 bits per heavy atom. The van der Waals surface area contributed by atoms with Crippen molar-refractivity contribution in [2.45, 2.75) is 31.7 Å². The number of aromatic nitrogens is 1. The van der Waals surface area contributed by atoms with Gasteiger partial charge >= 0.3 is 0 Å². The maximum atomic E-state index is 11.9. The number of nitrogens with zero attached hydrogens (tertiary/aromatic N) is 1. The number of rotatable bonds is 2. The minimum Gasteiger partial charge on any atom is -0.381 e. The number of hydrogen-bond donors (Lipinski definition) is 2. The van der Waals surface area contributed by atoms with Gasteiger partial charge in [0, 0.05) is 17.5 Å². The van der Waals surface area contributed by atoms with Crippen LogP contribution in [0, 0.1) is 5.92 Å². The summed E-state index contributed by atoms with van der Waals surface area (Å²) in [6.45, 7) is 1.21. The fourth-order valence-electron chi connectivity index (χ4n) is 2.40. The molecule has 0 aromatic carbocycles. The number of carbonyl (C=O) groups is 1. The third kappa shape index (κ3) is 3.25. The van der Waals surface area contributed by atoms with Crippen LogP contribution in [0.25, 0.3) is 0 Å². The summed E-state index contributed by atoms with van der Waals surface area (Å²) in [4.78, 5) is 17.7. The molecule has 0 radical (unpaired) electrons. The molecule has 1 aliphatic carbocycles. The molecule has 3 rings (SSSR count). The van der Waals surface area contributed by atoms with Crippen molar-refractivity contribution in [2.75, 3.05) is 18.5 Å². The zero-order valence-electron chi connectivity index (χ0n) is 10.6. The summed E-state index contributed by atoms with van der Waals surface area (Å²) in [5.41, 5.74) is 7.05. The van der Waals surface area contributed by atoms with Crippen LogP contribution in [0.5, 0.6) is 0 Å². The van der Waals surface area contributed by atoms with E-state index in [0.29, 0.717) is 18.3 Å². The maximum Gasteiger partial charge on any atom is 0.231 e. The lowest BCUT2D eigenvalue weighted by Crippen LogP contribution is -2.27. The van der Waals surface area contributed by atoms with Crippen molar-refractivity contribution in [1.29, 1.82) is 0 Å². The molecular formula is C12H18ClN3O2S. The Kier molecular flexibility index (Phi) is 4.78. The summed E-state index contributed by atoms with van der Waals surface area (Å²) >= 11 is 1.56. The summed E-state index contributed by atoms with van der Waals surface area (Å²) < 4.78 is 5.22. The first-order valence-electron chi connectivity index (χ1n) is 6.35. The second-order valence-electron chi connectivity index (χ2n) is 4.94. The molecule has 2 aliphatic rings. The third-order valence-electron chi connectivity index (χ3n) is 3.51. The van der Waals surface area contributed by atoms with E-state index in [1.807, 2.05) is 0 Å². The Morgan fingerprint density at radius 2 is 2.32 bits per heavy atom. The van der Waals surface area contributed by atoms with Crippen LogP contribution in [-0.4, -0.2) is 30.1 Å². The van der Waals surface area contributed by atoms with Crippen molar-refractivity contribution in [3.8, 4) is 0 Å². The van der Waals surface area contributed by atoms with Gasteiger partial charge in [-0.3, -0.25) is 4.79 Å². The fourth-order valence-corrected chi connectivity index (χ4v) is 3.51. The number of thiazole rings is 1. The molecule has 1 aromatic heterocycles. The highest BCUT2D eigenvalue weighted by atomic mass is 35.5. The number of carbonyl (C=O) groups excluding carboxylic acids is 1. The number of nitrogens with one attached hydrogen (secondary N) is 1. The summed E-state index contributed by atoms with van der Waals surface area (Å²) in [5.74, 6) is 0.0103. The fraction of sp³-hybridized carbons (Fsp3) is 0.667. The average Bonchev–Trinajstić information content (AvgIpc) is 2.95. The molecule has 1 aliphatic heterocycles. The molecule has 0 spiro atoms. The smallest absolute Gasteiger partial charge is 0.231 e. The lowest BCUT2D eigenvalue weighted by atomic mass is 9.99. The van der Waals surface area contributed by atoms with Gasteiger partial charge in [0.1, 0.15) is 0 Å². The summed E-state index contributed by atoms with van der Waals surface area (Å²) in [6.07, 6.45) is 3.60. The number of aryl methyl sites for hydroxylation is 1. The Hall–Kier alpha value is -0.690. The van der Waals surface area contributed by atoms with Crippen molar-refractivity contribution >= 4 is 34.8 Å². The van der Waals surface area contributed by atoms with Gasteiger partial charge in [-0.15, -0.1) is 23.7 Å². The topological polar surface area (TPSA) is 77.2 Å². The van der Waals surface area contributed by atoms with E-state index in [9.17, 15) is 4.79 Å². The molecule has 2 heterocycles. The van der Waals surface area contributed by atoms with E-state index in [1.54, 1.807) is 11.3 Å². The van der Waals surface area contributed by atoms with Gasteiger partial charge in [-0.25, -0.2) is 4.98 Å². The van der Waals surface area contributed by atoms with Gasteiger partial charge in [0.2, 0.25) is 5.91 Å². The predicted octanol–water partition coefficient (Wildman–Crippen LogP) is 1.36. The van der Waals surface area contributed by atoms with Gasteiger partial charge in [-0.05, 0) is 25.7 Å². The van der Waals surface area contributed by atoms with Crippen LogP contribution in [0.1, 0.15) is 23.4 Å². The Balaban J connectivity index is 0.00000133. The molecule has 3 N–H and O–H groups in total. The standard InChI is InChI=1S/C12H17N3O2S.ClH/c13-8-1-2-9-10(5-8)18-12(14-9)15-11(16)7-3-4-17-6-7;/h7-8H,1-6,13H2,(H,14,15,16);1H/t7?,8-;/m0./s1. The van der Waals surface area contributed by atoms with E-state index in [1.165, 1.54) is 4.88 Å². The molecule has 7 heteroatoms. The molecule has 1 amide bonds. The number of ether oxygens (including phenoxy) is 1. The monoisotopic (exact) mass is 303 g/mol. The first-order chi connectivity index (χ1) is 8.72. The number of fused-ring (bicyclic) bond motifs is 1. The van der Waals surface area contributed by atoms with Crippen molar-refractivity contribution in [1.82, 2.24) is 4.98 Å². The van der Waals surface area contributed by atoms with Gasteiger partial charge in [0.25, 0.3) is 0 Å². The van der Waals surface area contributed by atoms with Crippen LogP contribution in [0.4, 0.5) is 5.13 Å². The summed E-state index contributed by atoms with van der Waals surface area (Å²) in [5, 5.41) is 3.62. The maximum absolute atomic E-state index is 11.9. The molecule has 1 saturated heterocycles. The van der Waals surface area contributed by atoms with Crippen LogP contribution in [-0.2, 0) is 22.4 Å². The number of anilines is 1. The minimum absolute atomic E-state index is 0. The van der Waals surface area contributed by atoms with Crippen molar-refractivity contribution in [2.24, 2.45) is 11.7 Å². The molecule has 1 aromatic rings. The molecule has 2 atom stereocenters. The number of amides is 1. The second-order valence-corrected chi connectivity index (χ2v) is 6.03. The molecule has 5 nitrogen and oxygen atoms in total. The van der Waals surface area contributed by atoms with Crippen molar-refractivity contribution < 1.29 is 9.53 Å². The minimum atomic E-state index is -0.0202. The van der Waals surface area contributed by atoms with Crippen LogP contribution >= 0.6 is 23.7 Å². The normalized spacial score (nSPS) is 25.5. The molecule has 0 saturated carbocycles. The van der Waals surface area contributed by atoms with E-state index in [4.69, 9.17) is 10.5 Å². The van der Waals surface area contributed by atoms with E-state index < -0.39 is 0 Å². The van der Waals surface area contributed by atoms with Crippen molar-refractivity contribution in [3.63, 3.8) is 0 Å². The lowest BCUT2D eigenvalue weighted by Gasteiger charge is -2.15. The highest BCUT2D eigenvalue weighted by molar-refractivity contribution is 7.15. The van der Waals surface area contributed by atoms with Gasteiger partial charge in [-0.1, -0.05) is 0 Å². The van der Waals surface area contributed by atoms with E-state index in [0.717, 1.165) is 31.4 Å². The third-order valence-corrected chi connectivity index (χ3v) is 4.54. The molecule has 0 bridgehead atoms. The summed E-state index contributed by atoms with van der Waals surface area (Å²) in [7, 11) is 0. The van der Waals surface area contributed by atoms with E-state index in [-0.39, 0.29) is 30.3 Å². The first-order valence-corrected chi connectivity index (χ1v) is 7.17. The highest BCUT2D eigenvalue weighted by Gasteiger charge is 2.25. The number of hydrogen-bond acceptors (Lipinski definition) is 5. The van der Waals surface area contributed by atoms with E-state index in [2.05, 4.69) is 10.3 Å². The zero-order chi connectivity index (χ0) is 12.5. The number of nitrogens with two attached hydrogens (primary N) is 1. The first kappa shape index (κ1) is 14.7. The summed E-state index contributed by atoms with van der Waals surface area (Å²) in [6, 6.07) is 0.240. The SMILES string of the molecule is Cl.N[C@H]1CCc2nc(NC(=O)C3CCOC3)sc2C1. The molecular weight excluding hydrogens is 286 g/mol. The molecule has 1 fully saturated rings. The average molecular weight is 304 g/mol. The molecule has 1 unspecified atom stereocenters. The van der Waals surface area contributed by atoms with Crippen LogP contribution < -0.4 is 11.1 Å². The lowest BCUT2D eigenvalue weighted by molar-refractivity contribution is -0.119. The van der Waals surface area contributed by atoms with Crippen LogP contribution in [0.3, 0.4) is 0 Å². The van der Waals surface area contributed by atoms with Crippen LogP contribution in [0.2, 0.25) is 0 Å². The Bertz CT molecular complexity index is 460. The largest absolute Gasteiger partial charge is 0.381 e. The van der Waals surface area contributed by atoms with Gasteiger partial charge in [-0.2, -0.15) is 0 Å². The molecule has 106 valence electrons. The number of halogens is 1. The van der Waals surface area contributed by atoms with Gasteiger partial charge < -0.3 is 15.8 Å². The van der Waals surface area contributed by atoms with Crippen molar-refractivity contribution in [3.05, 3.63) is 10.6 Å². The quantitative estimate of drug-likeness (QED) is 0.865. The predicted molar refractivity (Wildman–Crippen MR) is 76.9 cm³/mol.